The zero-order valence-electron chi connectivity index (χ0n) is 19.8. The Balaban J connectivity index is 1.42. The lowest BCUT2D eigenvalue weighted by Gasteiger charge is -2.27. The van der Waals surface area contributed by atoms with Crippen molar-refractivity contribution in [3.63, 3.8) is 0 Å². The minimum Gasteiger partial charge on any atom is -0.493 e. The maximum absolute atomic E-state index is 13.0. The molecule has 1 aromatic carbocycles. The molecular formula is C24H29N5O5. The third-order valence-corrected chi connectivity index (χ3v) is 5.81. The molecule has 2 aromatic heterocycles. The first kappa shape index (κ1) is 23.2. The molecule has 0 saturated heterocycles. The third-order valence-electron chi connectivity index (χ3n) is 5.81. The van der Waals surface area contributed by atoms with E-state index in [-0.39, 0.29) is 24.7 Å². The molecule has 0 spiro atoms. The molecule has 0 saturated carbocycles. The van der Waals surface area contributed by atoms with Crippen molar-refractivity contribution in [3.8, 4) is 28.6 Å². The molecule has 1 aliphatic heterocycles. The Morgan fingerprint density at radius 2 is 1.76 bits per heavy atom. The quantitative estimate of drug-likeness (QED) is 0.547. The van der Waals surface area contributed by atoms with Gasteiger partial charge in [0, 0.05) is 63.1 Å². The average Bonchev–Trinajstić information content (AvgIpc) is 3.47. The van der Waals surface area contributed by atoms with Crippen molar-refractivity contribution in [2.45, 2.75) is 25.8 Å². The largest absolute Gasteiger partial charge is 0.493 e. The highest BCUT2D eigenvalue weighted by Gasteiger charge is 2.26. The van der Waals surface area contributed by atoms with Gasteiger partial charge in [-0.2, -0.15) is 5.10 Å². The highest BCUT2D eigenvalue weighted by atomic mass is 16.5. The van der Waals surface area contributed by atoms with Gasteiger partial charge in [-0.3, -0.25) is 14.5 Å². The van der Waals surface area contributed by atoms with Crippen LogP contribution in [-0.4, -0.2) is 54.0 Å². The van der Waals surface area contributed by atoms with Crippen LogP contribution in [0.3, 0.4) is 0 Å². The zero-order chi connectivity index (χ0) is 24.2. The SMILES string of the molecule is COc1cc(NC(=O)CCC(=O)N2CCCn3nc(-c4cccn4C)cc32)cc(OC)c1OC. The Bertz CT molecular complexity index is 1170. The molecule has 0 bridgehead atoms. The van der Waals surface area contributed by atoms with Gasteiger partial charge >= 0.3 is 0 Å². The first-order valence-corrected chi connectivity index (χ1v) is 11.0. The van der Waals surface area contributed by atoms with E-state index >= 15 is 0 Å². The van der Waals surface area contributed by atoms with E-state index in [0.717, 1.165) is 30.2 Å². The lowest BCUT2D eigenvalue weighted by atomic mass is 10.2. The van der Waals surface area contributed by atoms with Gasteiger partial charge in [0.25, 0.3) is 0 Å². The van der Waals surface area contributed by atoms with Crippen molar-refractivity contribution >= 4 is 23.3 Å². The maximum Gasteiger partial charge on any atom is 0.228 e. The van der Waals surface area contributed by atoms with Crippen molar-refractivity contribution in [1.82, 2.24) is 14.3 Å². The number of rotatable bonds is 8. The Morgan fingerprint density at radius 3 is 2.38 bits per heavy atom. The minimum absolute atomic E-state index is 0.0464. The molecule has 3 heterocycles. The van der Waals surface area contributed by atoms with Crippen molar-refractivity contribution in [1.29, 1.82) is 0 Å². The molecule has 1 N–H and O–H groups in total. The van der Waals surface area contributed by atoms with Gasteiger partial charge in [-0.1, -0.05) is 0 Å². The third kappa shape index (κ3) is 4.57. The molecule has 0 aliphatic carbocycles. The number of amides is 2. The van der Waals surface area contributed by atoms with Gasteiger partial charge in [-0.05, 0) is 18.6 Å². The first-order chi connectivity index (χ1) is 16.4. The summed E-state index contributed by atoms with van der Waals surface area (Å²) in [6, 6.07) is 9.18. The van der Waals surface area contributed by atoms with Crippen molar-refractivity contribution < 1.29 is 23.8 Å². The molecule has 2 amide bonds. The summed E-state index contributed by atoms with van der Waals surface area (Å²) in [6.07, 6.45) is 2.90. The number of carbonyl (C=O) groups is 2. The van der Waals surface area contributed by atoms with E-state index in [2.05, 4.69) is 10.4 Å². The molecule has 1 aliphatic rings. The Morgan fingerprint density at radius 1 is 1.03 bits per heavy atom. The number of carbonyl (C=O) groups excluding carboxylic acids is 2. The smallest absolute Gasteiger partial charge is 0.228 e. The molecule has 4 rings (SSSR count). The van der Waals surface area contributed by atoms with Gasteiger partial charge in [-0.25, -0.2) is 4.68 Å². The second-order valence-electron chi connectivity index (χ2n) is 7.98. The minimum atomic E-state index is -0.280. The molecule has 10 nitrogen and oxygen atoms in total. The molecule has 0 radical (unpaired) electrons. The maximum atomic E-state index is 13.0. The topological polar surface area (TPSA) is 99.9 Å². The Kier molecular flexibility index (Phi) is 6.76. The van der Waals surface area contributed by atoms with Gasteiger partial charge in [0.05, 0.1) is 27.0 Å². The number of hydrogen-bond acceptors (Lipinski definition) is 6. The number of aryl methyl sites for hydroxylation is 2. The average molecular weight is 468 g/mol. The summed E-state index contributed by atoms with van der Waals surface area (Å²) in [5.74, 6) is 1.68. The summed E-state index contributed by atoms with van der Waals surface area (Å²) >= 11 is 0. The Hall–Kier alpha value is -3.95. The lowest BCUT2D eigenvalue weighted by molar-refractivity contribution is -0.122. The normalized spacial score (nSPS) is 12.8. The number of fused-ring (bicyclic) bond motifs is 1. The van der Waals surface area contributed by atoms with Crippen LogP contribution in [0.2, 0.25) is 0 Å². The number of nitrogens with one attached hydrogen (secondary N) is 1. The summed E-state index contributed by atoms with van der Waals surface area (Å²) in [6.45, 7) is 1.36. The predicted octanol–water partition coefficient (Wildman–Crippen LogP) is 3.07. The predicted molar refractivity (Wildman–Crippen MR) is 128 cm³/mol. The summed E-state index contributed by atoms with van der Waals surface area (Å²) in [7, 11) is 6.49. The number of ether oxygens (including phenoxy) is 3. The van der Waals surface area contributed by atoms with Crippen molar-refractivity contribution in [2.75, 3.05) is 38.1 Å². The van der Waals surface area contributed by atoms with E-state index in [4.69, 9.17) is 14.2 Å². The van der Waals surface area contributed by atoms with Crippen LogP contribution < -0.4 is 24.4 Å². The number of benzene rings is 1. The van der Waals surface area contributed by atoms with Crippen LogP contribution in [0, 0.1) is 0 Å². The van der Waals surface area contributed by atoms with Crippen LogP contribution in [0.25, 0.3) is 11.4 Å². The van der Waals surface area contributed by atoms with Gasteiger partial charge in [-0.15, -0.1) is 0 Å². The van der Waals surface area contributed by atoms with Gasteiger partial charge < -0.3 is 24.1 Å². The van der Waals surface area contributed by atoms with Crippen LogP contribution in [0.1, 0.15) is 19.3 Å². The number of methoxy groups -OCH3 is 3. The van der Waals surface area contributed by atoms with E-state index in [1.54, 1.807) is 17.0 Å². The number of anilines is 2. The van der Waals surface area contributed by atoms with Crippen LogP contribution in [-0.2, 0) is 23.2 Å². The van der Waals surface area contributed by atoms with Gasteiger partial charge in [0.2, 0.25) is 17.6 Å². The summed E-state index contributed by atoms with van der Waals surface area (Å²) in [4.78, 5) is 27.3. The summed E-state index contributed by atoms with van der Waals surface area (Å²) in [5, 5.41) is 7.48. The lowest BCUT2D eigenvalue weighted by Crippen LogP contribution is -2.37. The second-order valence-corrected chi connectivity index (χ2v) is 7.98. The summed E-state index contributed by atoms with van der Waals surface area (Å²) in [5.41, 5.74) is 2.30. The van der Waals surface area contributed by atoms with Gasteiger partial charge in [0.1, 0.15) is 11.5 Å². The van der Waals surface area contributed by atoms with E-state index in [1.807, 2.05) is 40.7 Å². The summed E-state index contributed by atoms with van der Waals surface area (Å²) < 4.78 is 19.8. The fraction of sp³-hybridized carbons (Fsp3) is 0.375. The van der Waals surface area contributed by atoms with E-state index in [9.17, 15) is 9.59 Å². The number of nitrogens with zero attached hydrogens (tertiary/aromatic N) is 4. The van der Waals surface area contributed by atoms with Crippen LogP contribution in [0.4, 0.5) is 11.5 Å². The van der Waals surface area contributed by atoms with Crippen LogP contribution >= 0.6 is 0 Å². The van der Waals surface area contributed by atoms with E-state index < -0.39 is 0 Å². The Labute approximate surface area is 198 Å². The molecule has 34 heavy (non-hydrogen) atoms. The fourth-order valence-electron chi connectivity index (χ4n) is 4.12. The molecule has 0 unspecified atom stereocenters. The van der Waals surface area contributed by atoms with E-state index in [0.29, 0.717) is 29.5 Å². The number of aromatic nitrogens is 3. The van der Waals surface area contributed by atoms with Crippen LogP contribution in [0.15, 0.2) is 36.5 Å². The highest BCUT2D eigenvalue weighted by Crippen LogP contribution is 2.40. The monoisotopic (exact) mass is 467 g/mol. The molecule has 10 heteroatoms. The zero-order valence-corrected chi connectivity index (χ0v) is 19.8. The van der Waals surface area contributed by atoms with E-state index in [1.165, 1.54) is 21.3 Å². The first-order valence-electron chi connectivity index (χ1n) is 11.0. The number of hydrogen-bond donors (Lipinski definition) is 1. The molecular weight excluding hydrogens is 438 g/mol. The second kappa shape index (κ2) is 9.90. The molecule has 180 valence electrons. The fourth-order valence-corrected chi connectivity index (χ4v) is 4.12. The standard InChI is InChI=1S/C24H29N5O5/c1-27-10-5-7-18(27)17-15-22-28(11-6-12-29(22)26-17)23(31)9-8-21(30)25-16-13-19(32-2)24(34-4)20(14-16)33-3/h5,7,10,13-15H,6,8-9,11-12H2,1-4H3,(H,25,30). The van der Waals surface area contributed by atoms with Gasteiger partial charge in [0.15, 0.2) is 11.5 Å². The van der Waals surface area contributed by atoms with Crippen LogP contribution in [0.5, 0.6) is 17.2 Å². The highest BCUT2D eigenvalue weighted by molar-refractivity contribution is 5.98. The van der Waals surface area contributed by atoms with Crippen molar-refractivity contribution in [2.24, 2.45) is 7.05 Å². The van der Waals surface area contributed by atoms with Crippen molar-refractivity contribution in [3.05, 3.63) is 36.5 Å². The molecule has 0 fully saturated rings. The molecule has 3 aromatic rings. The molecule has 0 atom stereocenters.